The lowest BCUT2D eigenvalue weighted by atomic mass is 9.54. The third-order valence-electron chi connectivity index (χ3n) is 8.88. The number of rotatable bonds is 4. The SMILES string of the molecule is CC1CCC12CCC=C(CC1N(c3ccccc3)c3nc4ccccc4nc3N1c1ccccc1)C2. The molecule has 2 heterocycles. The summed E-state index contributed by atoms with van der Waals surface area (Å²) < 4.78 is 0. The molecule has 2 aliphatic carbocycles. The van der Waals surface area contributed by atoms with Crippen molar-refractivity contribution in [3.05, 3.63) is 96.6 Å². The first-order chi connectivity index (χ1) is 17.7. The Morgan fingerprint density at radius 3 is 1.81 bits per heavy atom. The topological polar surface area (TPSA) is 32.3 Å². The van der Waals surface area contributed by atoms with Crippen LogP contribution in [0.5, 0.6) is 0 Å². The van der Waals surface area contributed by atoms with E-state index in [4.69, 9.17) is 9.97 Å². The van der Waals surface area contributed by atoms with Crippen LogP contribution in [0, 0.1) is 11.3 Å². The highest BCUT2D eigenvalue weighted by Gasteiger charge is 2.46. The second kappa shape index (κ2) is 8.48. The summed E-state index contributed by atoms with van der Waals surface area (Å²) in [5.74, 6) is 2.72. The minimum atomic E-state index is 0.0818. The van der Waals surface area contributed by atoms with E-state index in [-0.39, 0.29) is 6.17 Å². The van der Waals surface area contributed by atoms with Crippen molar-refractivity contribution in [1.82, 2.24) is 9.97 Å². The molecule has 2 unspecified atom stereocenters. The molecule has 1 fully saturated rings. The van der Waals surface area contributed by atoms with Crippen molar-refractivity contribution in [3.63, 3.8) is 0 Å². The second-order valence-corrected chi connectivity index (χ2v) is 10.8. The van der Waals surface area contributed by atoms with Gasteiger partial charge in [0.15, 0.2) is 11.6 Å². The van der Waals surface area contributed by atoms with Gasteiger partial charge in [-0.15, -0.1) is 0 Å². The fourth-order valence-electron chi connectivity index (χ4n) is 6.69. The minimum absolute atomic E-state index is 0.0818. The second-order valence-electron chi connectivity index (χ2n) is 10.8. The van der Waals surface area contributed by atoms with Crippen LogP contribution in [0.2, 0.25) is 0 Å². The van der Waals surface area contributed by atoms with E-state index in [1.807, 2.05) is 12.1 Å². The Balaban J connectivity index is 1.38. The maximum Gasteiger partial charge on any atom is 0.179 e. The molecule has 180 valence electrons. The molecule has 0 N–H and O–H groups in total. The van der Waals surface area contributed by atoms with Crippen LogP contribution >= 0.6 is 0 Å². The number of para-hydroxylation sites is 4. The van der Waals surface area contributed by atoms with E-state index in [0.29, 0.717) is 5.41 Å². The van der Waals surface area contributed by atoms with Crippen molar-refractivity contribution >= 4 is 34.0 Å². The summed E-state index contributed by atoms with van der Waals surface area (Å²) >= 11 is 0. The molecule has 4 heteroatoms. The normalized spacial score (nSPS) is 23.6. The molecule has 7 rings (SSSR count). The Morgan fingerprint density at radius 2 is 1.31 bits per heavy atom. The summed E-state index contributed by atoms with van der Waals surface area (Å²) in [6.45, 7) is 2.46. The molecule has 4 nitrogen and oxygen atoms in total. The highest BCUT2D eigenvalue weighted by atomic mass is 15.5. The van der Waals surface area contributed by atoms with Crippen molar-refractivity contribution in [1.29, 1.82) is 0 Å². The molecule has 0 saturated heterocycles. The summed E-state index contributed by atoms with van der Waals surface area (Å²) in [6, 6.07) is 29.7. The molecular formula is C32H32N4. The summed E-state index contributed by atoms with van der Waals surface area (Å²) in [5, 5.41) is 0. The number of benzene rings is 3. The number of allylic oxidation sites excluding steroid dienone is 1. The predicted octanol–water partition coefficient (Wildman–Crippen LogP) is 8.16. The molecule has 0 bridgehead atoms. The number of nitrogens with zero attached hydrogens (tertiary/aromatic N) is 4. The Bertz CT molecular complexity index is 1340. The zero-order valence-corrected chi connectivity index (χ0v) is 20.8. The van der Waals surface area contributed by atoms with Crippen molar-refractivity contribution in [2.75, 3.05) is 9.80 Å². The largest absolute Gasteiger partial charge is 0.302 e. The molecule has 4 aromatic rings. The molecule has 0 amide bonds. The lowest BCUT2D eigenvalue weighted by Gasteiger charge is -2.51. The van der Waals surface area contributed by atoms with E-state index in [1.165, 1.54) is 32.1 Å². The van der Waals surface area contributed by atoms with E-state index in [2.05, 4.69) is 95.6 Å². The molecule has 2 atom stereocenters. The molecule has 0 radical (unpaired) electrons. The zero-order valence-electron chi connectivity index (χ0n) is 20.8. The molecule has 1 aromatic heterocycles. The van der Waals surface area contributed by atoms with Crippen LogP contribution in [0.1, 0.15) is 45.4 Å². The fourth-order valence-corrected chi connectivity index (χ4v) is 6.69. The van der Waals surface area contributed by atoms with Gasteiger partial charge in [0.1, 0.15) is 6.17 Å². The number of anilines is 4. The Kier molecular flexibility index (Phi) is 5.09. The molecule has 1 aliphatic heterocycles. The van der Waals surface area contributed by atoms with Gasteiger partial charge < -0.3 is 9.80 Å². The zero-order chi connectivity index (χ0) is 24.1. The summed E-state index contributed by atoms with van der Waals surface area (Å²) in [7, 11) is 0. The van der Waals surface area contributed by atoms with E-state index >= 15 is 0 Å². The fraction of sp³-hybridized carbons (Fsp3) is 0.312. The van der Waals surface area contributed by atoms with Crippen molar-refractivity contribution in [3.8, 4) is 0 Å². The van der Waals surface area contributed by atoms with E-state index in [1.54, 1.807) is 5.57 Å². The standard InChI is InChI=1S/C32H32N4/c1-23-18-20-32(23)19-10-11-24(22-32)21-29-35(25-12-4-2-5-13-25)30-31(36(29)26-14-6-3-7-15-26)34-28-17-9-8-16-27(28)33-30/h2-9,11-17,23,29H,10,18-22H2,1H3. The van der Waals surface area contributed by atoms with Gasteiger partial charge in [0.25, 0.3) is 0 Å². The maximum absolute atomic E-state index is 5.20. The minimum Gasteiger partial charge on any atom is -0.302 e. The van der Waals surface area contributed by atoms with Crippen LogP contribution in [0.25, 0.3) is 11.0 Å². The number of fused-ring (bicyclic) bond motifs is 2. The van der Waals surface area contributed by atoms with Crippen LogP contribution in [-0.4, -0.2) is 16.1 Å². The highest BCUT2D eigenvalue weighted by Crippen LogP contribution is 2.57. The van der Waals surface area contributed by atoms with Gasteiger partial charge in [0.05, 0.1) is 11.0 Å². The first kappa shape index (κ1) is 21.6. The summed E-state index contributed by atoms with van der Waals surface area (Å²) in [6.07, 6.45) is 10.1. The first-order valence-electron chi connectivity index (χ1n) is 13.4. The molecule has 3 aromatic carbocycles. The van der Waals surface area contributed by atoms with Crippen molar-refractivity contribution in [2.45, 2.75) is 51.6 Å². The van der Waals surface area contributed by atoms with E-state index < -0.39 is 0 Å². The van der Waals surface area contributed by atoms with Gasteiger partial charge in [-0.1, -0.05) is 67.1 Å². The van der Waals surface area contributed by atoms with Crippen LogP contribution in [0.4, 0.5) is 23.0 Å². The van der Waals surface area contributed by atoms with Gasteiger partial charge >= 0.3 is 0 Å². The third kappa shape index (κ3) is 3.42. The summed E-state index contributed by atoms with van der Waals surface area (Å²) in [5.41, 5.74) is 6.31. The molecular weight excluding hydrogens is 440 g/mol. The van der Waals surface area contributed by atoms with Crippen molar-refractivity contribution < 1.29 is 0 Å². The van der Waals surface area contributed by atoms with Gasteiger partial charge in [0, 0.05) is 17.8 Å². The van der Waals surface area contributed by atoms with Gasteiger partial charge in [0.2, 0.25) is 0 Å². The third-order valence-corrected chi connectivity index (χ3v) is 8.88. The molecule has 3 aliphatic rings. The lowest BCUT2D eigenvalue weighted by molar-refractivity contribution is 0.0286. The molecule has 1 saturated carbocycles. The average Bonchev–Trinajstić information content (AvgIpc) is 3.24. The Labute approximate surface area is 213 Å². The predicted molar refractivity (Wildman–Crippen MR) is 148 cm³/mol. The van der Waals surface area contributed by atoms with Crippen LogP contribution in [-0.2, 0) is 0 Å². The van der Waals surface area contributed by atoms with Gasteiger partial charge in [-0.3, -0.25) is 0 Å². The first-order valence-corrected chi connectivity index (χ1v) is 13.4. The van der Waals surface area contributed by atoms with Crippen LogP contribution < -0.4 is 9.80 Å². The van der Waals surface area contributed by atoms with Crippen molar-refractivity contribution in [2.24, 2.45) is 11.3 Å². The average molecular weight is 473 g/mol. The summed E-state index contributed by atoms with van der Waals surface area (Å²) in [4.78, 5) is 15.3. The lowest BCUT2D eigenvalue weighted by Crippen LogP contribution is -2.42. The number of aromatic nitrogens is 2. The van der Waals surface area contributed by atoms with Gasteiger partial charge in [-0.25, -0.2) is 9.97 Å². The monoisotopic (exact) mass is 472 g/mol. The highest BCUT2D eigenvalue weighted by molar-refractivity contribution is 5.89. The number of hydrogen-bond acceptors (Lipinski definition) is 4. The Morgan fingerprint density at radius 1 is 0.750 bits per heavy atom. The molecule has 36 heavy (non-hydrogen) atoms. The molecule has 1 spiro atoms. The maximum atomic E-state index is 5.20. The van der Waals surface area contributed by atoms with Crippen LogP contribution in [0.15, 0.2) is 96.6 Å². The van der Waals surface area contributed by atoms with E-state index in [0.717, 1.165) is 46.4 Å². The van der Waals surface area contributed by atoms with Gasteiger partial charge in [-0.2, -0.15) is 0 Å². The van der Waals surface area contributed by atoms with E-state index in [9.17, 15) is 0 Å². The van der Waals surface area contributed by atoms with Crippen LogP contribution in [0.3, 0.4) is 0 Å². The number of hydrogen-bond donors (Lipinski definition) is 0. The van der Waals surface area contributed by atoms with Gasteiger partial charge in [-0.05, 0) is 79.8 Å². The smallest absolute Gasteiger partial charge is 0.179 e. The Hall–Kier alpha value is -3.66. The quantitative estimate of drug-likeness (QED) is 0.280.